The monoisotopic (exact) mass is 1050 g/mol. The van der Waals surface area contributed by atoms with Gasteiger partial charge < -0.3 is 4.74 Å². The molecule has 2 aliphatic rings. The van der Waals surface area contributed by atoms with Crippen molar-refractivity contribution in [2.75, 3.05) is 0 Å². The quantitative estimate of drug-likeness (QED) is 0.208. The molecule has 6 heterocycles. The maximum atomic E-state index is 13.6. The minimum Gasteiger partial charge on any atom is -0.457 e. The first kappa shape index (κ1) is 48.6. The molecule has 0 N–H and O–H groups in total. The van der Waals surface area contributed by atoms with Crippen molar-refractivity contribution in [3.8, 4) is 28.6 Å². The van der Waals surface area contributed by atoms with E-state index in [-0.39, 0.29) is 82.6 Å². The van der Waals surface area contributed by atoms with Crippen molar-refractivity contribution in [2.24, 2.45) is 24.8 Å². The van der Waals surface area contributed by atoms with Crippen molar-refractivity contribution in [3.05, 3.63) is 239 Å². The van der Waals surface area contributed by atoms with Gasteiger partial charge in [0.2, 0.25) is 0 Å². The number of nitrogens with zero attached hydrogens (tertiary/aromatic N) is 6. The Hall–Kier alpha value is -10.0. The Labute approximate surface area is 440 Å². The molecular weight excluding hydrogens is 1010 g/mol. The summed E-state index contributed by atoms with van der Waals surface area (Å²) in [5.41, 5.74) is -4.22. The molecule has 14 rings (SSSR count). The average molecular weight is 1060 g/mol. The zero-order valence-corrected chi connectivity index (χ0v) is 42.4. The van der Waals surface area contributed by atoms with Crippen LogP contribution in [0.2, 0.25) is 0 Å². The Morgan fingerprint density at radius 3 is 1.03 bits per heavy atom. The average Bonchev–Trinajstić information content (AvgIpc) is 4.43. The van der Waals surface area contributed by atoms with Gasteiger partial charge in [0.15, 0.2) is 0 Å². The van der Waals surface area contributed by atoms with Gasteiger partial charge in [-0.2, -0.15) is 0 Å². The lowest BCUT2D eigenvalue weighted by Crippen LogP contribution is -2.30. The predicted molar refractivity (Wildman–Crippen MR) is 299 cm³/mol. The molecule has 2 bridgehead atoms. The van der Waals surface area contributed by atoms with Crippen LogP contribution in [0.25, 0.3) is 81.7 Å². The van der Waals surface area contributed by atoms with E-state index >= 15 is 0 Å². The molecular formula is C60H42N6O13. The molecule has 6 aromatic carbocycles. The number of benzene rings is 6. The molecule has 19 heteroatoms. The Morgan fingerprint density at radius 2 is 0.709 bits per heavy atom. The Bertz CT molecular complexity index is 5080. The Kier molecular flexibility index (Phi) is 10.8. The van der Waals surface area contributed by atoms with Gasteiger partial charge >= 0.3 is 0 Å². The first-order valence-electron chi connectivity index (χ1n) is 25.6. The van der Waals surface area contributed by atoms with Gasteiger partial charge in [-0.25, -0.2) is 13.7 Å². The standard InChI is InChI=1S/C41H28N4O9.C19H14N2O4/c1-42-34(46)26-14-30-31(15-27(26)35(42)47)39(51)44(38(30)50)22-4-8-24(9-5-22)54-25-10-6-23(7-11-25)45-40(52)32-16-28-29(17-33(32)41(45)53)37(49)43(36(28)48)18-21-13-19-2-3-20(21)12-19;1-3-20-16(22)12-8-14-15(9-13(12)17(20)23)19(25)21(18(14)24)11-6-4-10(2)5-7-11/h4-11,14-17,19-21H,2-3,12-13,18H2,1H3;4-9H,3H2,1-2H3. The first-order chi connectivity index (χ1) is 37.9. The van der Waals surface area contributed by atoms with Crippen LogP contribution in [0.1, 0.15) is 38.2 Å². The van der Waals surface area contributed by atoms with E-state index < -0.39 is 66.7 Å². The SMILES string of the molecule is CCn1c(=O)c2cc3c(=O)n(-c4ccc(C)cc4)c(=O)c3cc2c1=O.Cn1c(=O)c2cc3c(=O)n(-c4ccc(Oc5ccc(-n6c(=O)c7cc8c(=O)n(CC9CC%10CCC9C%10)c(=O)c8cc7c6=O)cc5)cc4)c(=O)c3cc2c1=O. The van der Waals surface area contributed by atoms with Crippen LogP contribution in [0.4, 0.5) is 0 Å². The highest BCUT2D eigenvalue weighted by molar-refractivity contribution is 6.00. The fraction of sp³-hybridized carbons (Fsp3) is 0.200. The van der Waals surface area contributed by atoms with Crippen LogP contribution in [-0.2, 0) is 20.1 Å². The summed E-state index contributed by atoms with van der Waals surface area (Å²) in [7, 11) is 1.34. The van der Waals surface area contributed by atoms with Crippen LogP contribution in [0.3, 0.4) is 0 Å². The molecule has 2 aliphatic carbocycles. The number of hydrogen-bond acceptors (Lipinski definition) is 13. The Balaban J connectivity index is 0.000000198. The number of hydrogen-bond donors (Lipinski definition) is 0. The number of rotatable bonds is 8. The molecule has 0 aliphatic heterocycles. The third-order valence-electron chi connectivity index (χ3n) is 16.4. The third-order valence-corrected chi connectivity index (χ3v) is 16.4. The predicted octanol–water partition coefficient (Wildman–Crippen LogP) is 4.11. The van der Waals surface area contributed by atoms with E-state index in [9.17, 15) is 57.5 Å². The number of fused-ring (bicyclic) bond motifs is 8. The molecule has 390 valence electrons. The van der Waals surface area contributed by atoms with Crippen molar-refractivity contribution in [1.29, 1.82) is 0 Å². The summed E-state index contributed by atoms with van der Waals surface area (Å²) >= 11 is 0. The topological polar surface area (TPSA) is 244 Å². The molecule has 12 aromatic rings. The van der Waals surface area contributed by atoms with Crippen LogP contribution in [0.15, 0.2) is 167 Å². The second-order valence-corrected chi connectivity index (χ2v) is 20.8. The molecule has 0 spiro atoms. The maximum Gasteiger partial charge on any atom is 0.266 e. The van der Waals surface area contributed by atoms with Crippen molar-refractivity contribution in [1.82, 2.24) is 27.4 Å². The molecule has 6 aromatic heterocycles. The number of aryl methyl sites for hydroxylation is 1. The number of ether oxygens (including phenoxy) is 1. The normalized spacial score (nSPS) is 16.2. The molecule has 2 fully saturated rings. The van der Waals surface area contributed by atoms with Crippen LogP contribution < -0.4 is 71.4 Å². The van der Waals surface area contributed by atoms with Crippen molar-refractivity contribution in [3.63, 3.8) is 0 Å². The summed E-state index contributed by atoms with van der Waals surface area (Å²) in [5.74, 6) is 2.22. The molecule has 3 atom stereocenters. The van der Waals surface area contributed by atoms with E-state index in [4.69, 9.17) is 4.74 Å². The minimum absolute atomic E-state index is 0.0346. The fourth-order valence-electron chi connectivity index (χ4n) is 12.3. The van der Waals surface area contributed by atoms with Crippen LogP contribution in [0, 0.1) is 24.7 Å². The lowest BCUT2D eigenvalue weighted by molar-refractivity contribution is 0.292. The molecule has 79 heavy (non-hydrogen) atoms. The second kappa shape index (κ2) is 17.5. The van der Waals surface area contributed by atoms with Gasteiger partial charge in [0, 0.05) is 20.1 Å². The highest BCUT2D eigenvalue weighted by Crippen LogP contribution is 2.48. The minimum atomic E-state index is -0.624. The second-order valence-electron chi connectivity index (χ2n) is 20.8. The van der Waals surface area contributed by atoms with E-state index in [1.165, 1.54) is 78.7 Å². The van der Waals surface area contributed by atoms with Gasteiger partial charge in [-0.15, -0.1) is 0 Å². The van der Waals surface area contributed by atoms with Crippen LogP contribution >= 0.6 is 0 Å². The van der Waals surface area contributed by atoms with E-state index in [0.29, 0.717) is 41.5 Å². The molecule has 0 saturated heterocycles. The molecule has 0 amide bonds. The lowest BCUT2D eigenvalue weighted by atomic mass is 9.89. The molecule has 19 nitrogen and oxygen atoms in total. The lowest BCUT2D eigenvalue weighted by Gasteiger charge is -2.21. The van der Waals surface area contributed by atoms with Crippen LogP contribution in [0.5, 0.6) is 11.5 Å². The molecule has 0 radical (unpaired) electrons. The van der Waals surface area contributed by atoms with Crippen molar-refractivity contribution >= 4 is 64.6 Å². The summed E-state index contributed by atoms with van der Waals surface area (Å²) in [5, 5.41) is 1.31. The van der Waals surface area contributed by atoms with Gasteiger partial charge in [0.1, 0.15) is 11.5 Å². The van der Waals surface area contributed by atoms with E-state index in [0.717, 1.165) is 47.7 Å². The van der Waals surface area contributed by atoms with Crippen molar-refractivity contribution < 1.29 is 4.74 Å². The van der Waals surface area contributed by atoms with Gasteiger partial charge in [-0.05, 0) is 148 Å². The summed E-state index contributed by atoms with van der Waals surface area (Å²) in [6.07, 6.45) is 4.51. The zero-order chi connectivity index (χ0) is 55.2. The Morgan fingerprint density at radius 1 is 0.392 bits per heavy atom. The van der Waals surface area contributed by atoms with E-state index in [1.807, 2.05) is 19.1 Å². The van der Waals surface area contributed by atoms with Crippen LogP contribution in [-0.4, -0.2) is 27.4 Å². The third kappa shape index (κ3) is 7.18. The van der Waals surface area contributed by atoms with Gasteiger partial charge in [0.05, 0.1) is 81.7 Å². The zero-order valence-electron chi connectivity index (χ0n) is 42.4. The smallest absolute Gasteiger partial charge is 0.266 e. The first-order valence-corrected chi connectivity index (χ1v) is 25.6. The molecule has 2 saturated carbocycles. The summed E-state index contributed by atoms with van der Waals surface area (Å²) in [6.45, 7) is 4.22. The highest BCUT2D eigenvalue weighted by Gasteiger charge is 2.40. The van der Waals surface area contributed by atoms with Crippen molar-refractivity contribution in [2.45, 2.75) is 52.6 Å². The largest absolute Gasteiger partial charge is 0.457 e. The number of aromatic nitrogens is 6. The van der Waals surface area contributed by atoms with Gasteiger partial charge in [-0.1, -0.05) is 24.1 Å². The maximum absolute atomic E-state index is 13.6. The summed E-state index contributed by atoms with van der Waals surface area (Å²) < 4.78 is 12.3. The van der Waals surface area contributed by atoms with E-state index in [2.05, 4.69) is 0 Å². The summed E-state index contributed by atoms with van der Waals surface area (Å²) in [4.78, 5) is 155. The fourth-order valence-corrected chi connectivity index (χ4v) is 12.3. The summed E-state index contributed by atoms with van der Waals surface area (Å²) in [6, 6.07) is 27.4. The van der Waals surface area contributed by atoms with E-state index in [1.54, 1.807) is 43.3 Å². The molecule has 3 unspecified atom stereocenters. The van der Waals surface area contributed by atoms with Gasteiger partial charge in [-0.3, -0.25) is 71.2 Å². The highest BCUT2D eigenvalue weighted by atomic mass is 16.5. The van der Waals surface area contributed by atoms with Gasteiger partial charge in [0.25, 0.3) is 66.7 Å².